The van der Waals surface area contributed by atoms with Gasteiger partial charge in [0.05, 0.1) is 6.42 Å². The number of benzene rings is 1. The number of carbonyl (C=O) groups excluding carboxylic acids is 1. The summed E-state index contributed by atoms with van der Waals surface area (Å²) in [5.41, 5.74) is 0.541. The van der Waals surface area contributed by atoms with E-state index in [1.807, 2.05) is 51.1 Å². The molecule has 5 heteroatoms. The molecule has 1 aliphatic heterocycles. The highest BCUT2D eigenvalue weighted by molar-refractivity contribution is 5.72. The van der Waals surface area contributed by atoms with Crippen LogP contribution in [0.1, 0.15) is 45.1 Å². The van der Waals surface area contributed by atoms with Crippen molar-refractivity contribution in [2.75, 3.05) is 6.54 Å². The van der Waals surface area contributed by atoms with E-state index >= 15 is 0 Å². The molecule has 0 aromatic heterocycles. The quantitative estimate of drug-likeness (QED) is 0.931. The molecule has 1 aromatic rings. The average Bonchev–Trinajstić information content (AvgIpc) is 2.81. The molecule has 1 amide bonds. The Kier molecular flexibility index (Phi) is 4.74. The minimum atomic E-state index is -0.896. The first-order valence-electron chi connectivity index (χ1n) is 7.52. The number of likely N-dealkylation sites (tertiary alicyclic amines) is 1. The fraction of sp³-hybridized carbons (Fsp3) is 0.529. The number of rotatable bonds is 3. The third-order valence-electron chi connectivity index (χ3n) is 3.72. The van der Waals surface area contributed by atoms with Crippen molar-refractivity contribution in [3.05, 3.63) is 35.9 Å². The summed E-state index contributed by atoms with van der Waals surface area (Å²) in [7, 11) is 0. The second-order valence-corrected chi connectivity index (χ2v) is 6.73. The third-order valence-corrected chi connectivity index (χ3v) is 3.72. The van der Waals surface area contributed by atoms with Gasteiger partial charge in [0.25, 0.3) is 0 Å². The number of amides is 1. The van der Waals surface area contributed by atoms with Crippen molar-refractivity contribution < 1.29 is 19.4 Å². The number of hydrogen-bond acceptors (Lipinski definition) is 3. The largest absolute Gasteiger partial charge is 0.481 e. The van der Waals surface area contributed by atoms with Gasteiger partial charge in [-0.2, -0.15) is 0 Å². The van der Waals surface area contributed by atoms with E-state index in [0.717, 1.165) is 5.56 Å². The van der Waals surface area contributed by atoms with E-state index in [9.17, 15) is 9.59 Å². The summed E-state index contributed by atoms with van der Waals surface area (Å²) in [6.07, 6.45) is 0.162. The molecule has 0 spiro atoms. The Bertz CT molecular complexity index is 535. The van der Waals surface area contributed by atoms with Gasteiger partial charge in [0, 0.05) is 18.5 Å². The molecule has 1 N–H and O–H groups in total. The van der Waals surface area contributed by atoms with Crippen molar-refractivity contribution >= 4 is 12.1 Å². The van der Waals surface area contributed by atoms with Gasteiger partial charge in [-0.05, 0) is 32.8 Å². The third kappa shape index (κ3) is 4.23. The fourth-order valence-corrected chi connectivity index (χ4v) is 2.82. The van der Waals surface area contributed by atoms with Crippen LogP contribution in [-0.4, -0.2) is 40.3 Å². The maximum atomic E-state index is 12.3. The predicted molar refractivity (Wildman–Crippen MR) is 82.8 cm³/mol. The fourth-order valence-electron chi connectivity index (χ4n) is 2.82. The van der Waals surface area contributed by atoms with Gasteiger partial charge < -0.3 is 14.7 Å². The molecule has 22 heavy (non-hydrogen) atoms. The van der Waals surface area contributed by atoms with Crippen LogP contribution in [0.4, 0.5) is 4.79 Å². The first-order valence-corrected chi connectivity index (χ1v) is 7.52. The molecule has 0 unspecified atom stereocenters. The Hall–Kier alpha value is -2.04. The van der Waals surface area contributed by atoms with Crippen molar-refractivity contribution in [1.29, 1.82) is 0 Å². The van der Waals surface area contributed by atoms with E-state index in [1.54, 1.807) is 4.90 Å². The van der Waals surface area contributed by atoms with Crippen LogP contribution in [-0.2, 0) is 9.53 Å². The maximum Gasteiger partial charge on any atom is 0.410 e. The summed E-state index contributed by atoms with van der Waals surface area (Å²) >= 11 is 0. The Balaban J connectivity index is 2.15. The van der Waals surface area contributed by atoms with Crippen molar-refractivity contribution in [2.45, 2.75) is 51.2 Å². The molecule has 1 fully saturated rings. The van der Waals surface area contributed by atoms with Gasteiger partial charge in [0.1, 0.15) is 5.60 Å². The summed E-state index contributed by atoms with van der Waals surface area (Å²) in [6.45, 7) is 5.92. The molecular formula is C17H23NO4. The summed E-state index contributed by atoms with van der Waals surface area (Å²) in [5, 5.41) is 9.08. The lowest BCUT2D eigenvalue weighted by molar-refractivity contribution is -0.138. The van der Waals surface area contributed by atoms with Crippen LogP contribution in [0.25, 0.3) is 0 Å². The maximum absolute atomic E-state index is 12.3. The second-order valence-electron chi connectivity index (χ2n) is 6.73. The smallest absolute Gasteiger partial charge is 0.410 e. The standard InChI is InChI=1S/C17H23NO4/c1-17(2,3)22-16(21)18-11-13(9-14(18)10-15(19)20)12-7-5-4-6-8-12/h4-8,13-14H,9-11H2,1-3H3,(H,19,20)/t13-,14+/m0/s1. The van der Waals surface area contributed by atoms with Crippen LogP contribution >= 0.6 is 0 Å². The van der Waals surface area contributed by atoms with Crippen LogP contribution in [0, 0.1) is 0 Å². The number of hydrogen-bond donors (Lipinski definition) is 1. The van der Waals surface area contributed by atoms with Crippen LogP contribution in [0.3, 0.4) is 0 Å². The molecule has 1 heterocycles. The molecule has 2 atom stereocenters. The van der Waals surface area contributed by atoms with Gasteiger partial charge in [-0.15, -0.1) is 0 Å². The normalized spacial score (nSPS) is 21.7. The zero-order chi connectivity index (χ0) is 16.3. The van der Waals surface area contributed by atoms with E-state index in [4.69, 9.17) is 9.84 Å². The van der Waals surface area contributed by atoms with Crippen LogP contribution in [0.5, 0.6) is 0 Å². The summed E-state index contributed by atoms with van der Waals surface area (Å²) in [5.74, 6) is -0.745. The molecule has 120 valence electrons. The molecular weight excluding hydrogens is 282 g/mol. The van der Waals surface area contributed by atoms with E-state index in [0.29, 0.717) is 13.0 Å². The first kappa shape index (κ1) is 16.3. The molecule has 2 rings (SSSR count). The van der Waals surface area contributed by atoms with Gasteiger partial charge in [-0.1, -0.05) is 30.3 Å². The molecule has 1 aliphatic rings. The Morgan fingerprint density at radius 2 is 1.91 bits per heavy atom. The van der Waals surface area contributed by atoms with E-state index in [-0.39, 0.29) is 18.4 Å². The number of carboxylic acid groups (broad SMARTS) is 1. The molecule has 1 aromatic carbocycles. The van der Waals surface area contributed by atoms with Gasteiger partial charge in [0.15, 0.2) is 0 Å². The zero-order valence-electron chi connectivity index (χ0n) is 13.3. The van der Waals surface area contributed by atoms with Crippen molar-refractivity contribution in [3.8, 4) is 0 Å². The monoisotopic (exact) mass is 305 g/mol. The highest BCUT2D eigenvalue weighted by atomic mass is 16.6. The Morgan fingerprint density at radius 3 is 2.45 bits per heavy atom. The second kappa shape index (κ2) is 6.38. The minimum Gasteiger partial charge on any atom is -0.481 e. The van der Waals surface area contributed by atoms with Gasteiger partial charge in [0.2, 0.25) is 0 Å². The topological polar surface area (TPSA) is 66.8 Å². The number of aliphatic carboxylic acids is 1. The average molecular weight is 305 g/mol. The van der Waals surface area contributed by atoms with E-state index < -0.39 is 17.7 Å². The number of ether oxygens (including phenoxy) is 1. The molecule has 0 aliphatic carbocycles. The Morgan fingerprint density at radius 1 is 1.27 bits per heavy atom. The van der Waals surface area contributed by atoms with E-state index in [1.165, 1.54) is 0 Å². The van der Waals surface area contributed by atoms with E-state index in [2.05, 4.69) is 0 Å². The van der Waals surface area contributed by atoms with Gasteiger partial charge in [-0.25, -0.2) is 4.79 Å². The number of carbonyl (C=O) groups is 2. The lowest BCUT2D eigenvalue weighted by Crippen LogP contribution is -2.40. The molecule has 0 bridgehead atoms. The Labute approximate surface area is 130 Å². The van der Waals surface area contributed by atoms with Gasteiger partial charge >= 0.3 is 12.1 Å². The van der Waals surface area contributed by atoms with Crippen LogP contribution in [0.2, 0.25) is 0 Å². The lowest BCUT2D eigenvalue weighted by atomic mass is 9.96. The lowest BCUT2D eigenvalue weighted by Gasteiger charge is -2.28. The van der Waals surface area contributed by atoms with Crippen molar-refractivity contribution in [1.82, 2.24) is 4.90 Å². The number of nitrogens with zero attached hydrogens (tertiary/aromatic N) is 1. The SMILES string of the molecule is CC(C)(C)OC(=O)N1C[C@@H](c2ccccc2)C[C@@H]1CC(=O)O. The highest BCUT2D eigenvalue weighted by Crippen LogP contribution is 2.34. The highest BCUT2D eigenvalue weighted by Gasteiger charge is 2.38. The van der Waals surface area contributed by atoms with Crippen LogP contribution in [0.15, 0.2) is 30.3 Å². The molecule has 0 radical (unpaired) electrons. The number of carboxylic acids is 1. The molecule has 5 nitrogen and oxygen atoms in total. The predicted octanol–water partition coefficient (Wildman–Crippen LogP) is 3.25. The van der Waals surface area contributed by atoms with Crippen molar-refractivity contribution in [3.63, 3.8) is 0 Å². The minimum absolute atomic E-state index is 0.0530. The first-order chi connectivity index (χ1) is 10.3. The van der Waals surface area contributed by atoms with Crippen molar-refractivity contribution in [2.24, 2.45) is 0 Å². The zero-order valence-corrected chi connectivity index (χ0v) is 13.3. The van der Waals surface area contributed by atoms with Gasteiger partial charge in [-0.3, -0.25) is 4.79 Å². The molecule has 0 saturated carbocycles. The summed E-state index contributed by atoms with van der Waals surface area (Å²) < 4.78 is 5.41. The van der Waals surface area contributed by atoms with Crippen LogP contribution < -0.4 is 0 Å². The molecule has 1 saturated heterocycles. The summed E-state index contributed by atoms with van der Waals surface area (Å²) in [6, 6.07) is 9.56. The summed E-state index contributed by atoms with van der Waals surface area (Å²) in [4.78, 5) is 25.0.